The monoisotopic (exact) mass is 523 g/mol. The molecule has 1 saturated heterocycles. The molecule has 0 spiro atoms. The van der Waals surface area contributed by atoms with E-state index in [4.69, 9.17) is 4.43 Å². The van der Waals surface area contributed by atoms with Gasteiger partial charge in [0, 0.05) is 37.1 Å². The number of hydrogen-bond acceptors (Lipinski definition) is 5. The Morgan fingerprint density at radius 3 is 2.11 bits per heavy atom. The zero-order valence-corrected chi connectivity index (χ0v) is 25.1. The third kappa shape index (κ3) is 7.46. The second kappa shape index (κ2) is 10.7. The Kier molecular flexibility index (Phi) is 8.72. The average molecular weight is 524 g/mol. The standard InChI is InChI=1S/C27H49N3O3SSi/c1-26(2,3)34(31,32)29-23-11-9-21(10-12-23)19-28-22-13-15-24(16-14-22)30-18-17-25(20-30)33-35(7,8)27(4,5)6/h13-16,21,23,25,28-29H,9-12,17-20H2,1-8H3. The van der Waals surface area contributed by atoms with E-state index in [9.17, 15) is 8.42 Å². The molecule has 2 N–H and O–H groups in total. The van der Waals surface area contributed by atoms with Gasteiger partial charge in [0.25, 0.3) is 0 Å². The third-order valence-corrected chi connectivity index (χ3v) is 15.0. The summed E-state index contributed by atoms with van der Waals surface area (Å²) in [6.45, 7) is 19.8. The highest BCUT2D eigenvalue weighted by atomic mass is 32.2. The van der Waals surface area contributed by atoms with Crippen molar-refractivity contribution in [1.82, 2.24) is 4.72 Å². The number of benzene rings is 1. The first-order valence-electron chi connectivity index (χ1n) is 13.4. The summed E-state index contributed by atoms with van der Waals surface area (Å²) in [4.78, 5) is 2.45. The van der Waals surface area contributed by atoms with Crippen LogP contribution in [0.3, 0.4) is 0 Å². The van der Waals surface area contributed by atoms with Crippen molar-refractivity contribution in [2.45, 2.75) is 109 Å². The minimum atomic E-state index is -3.28. The van der Waals surface area contributed by atoms with Crippen LogP contribution in [0.1, 0.15) is 73.6 Å². The molecule has 0 bridgehead atoms. The van der Waals surface area contributed by atoms with Crippen LogP contribution in [0.4, 0.5) is 11.4 Å². The maximum Gasteiger partial charge on any atom is 0.216 e. The lowest BCUT2D eigenvalue weighted by Gasteiger charge is -2.38. The number of nitrogens with one attached hydrogen (secondary N) is 2. The fraction of sp³-hybridized carbons (Fsp3) is 0.778. The van der Waals surface area contributed by atoms with Gasteiger partial charge in [-0.3, -0.25) is 0 Å². The van der Waals surface area contributed by atoms with Crippen molar-refractivity contribution in [2.24, 2.45) is 5.92 Å². The van der Waals surface area contributed by atoms with Gasteiger partial charge in [-0.15, -0.1) is 0 Å². The molecule has 200 valence electrons. The molecular formula is C27H49N3O3SSi. The molecule has 8 heteroatoms. The predicted molar refractivity (Wildman–Crippen MR) is 151 cm³/mol. The highest BCUT2D eigenvalue weighted by Crippen LogP contribution is 2.38. The molecule has 1 aromatic carbocycles. The Morgan fingerprint density at radius 1 is 0.971 bits per heavy atom. The first kappa shape index (κ1) is 28.5. The van der Waals surface area contributed by atoms with Gasteiger partial charge in [0.05, 0.1) is 10.9 Å². The molecular weight excluding hydrogens is 474 g/mol. The number of sulfonamides is 1. The van der Waals surface area contributed by atoms with Crippen LogP contribution in [0, 0.1) is 5.92 Å². The fourth-order valence-electron chi connectivity index (χ4n) is 4.59. The fourth-order valence-corrected chi connectivity index (χ4v) is 6.99. The van der Waals surface area contributed by atoms with Crippen molar-refractivity contribution >= 4 is 29.7 Å². The summed E-state index contributed by atoms with van der Waals surface area (Å²) in [5.74, 6) is 0.580. The van der Waals surface area contributed by atoms with Crippen molar-refractivity contribution in [2.75, 3.05) is 29.9 Å². The van der Waals surface area contributed by atoms with Crippen molar-refractivity contribution in [3.05, 3.63) is 24.3 Å². The lowest BCUT2D eigenvalue weighted by molar-refractivity contribution is 0.202. The lowest BCUT2D eigenvalue weighted by Crippen LogP contribution is -2.46. The molecule has 1 aromatic rings. The number of anilines is 2. The molecule has 1 heterocycles. The van der Waals surface area contributed by atoms with Crippen molar-refractivity contribution in [1.29, 1.82) is 0 Å². The van der Waals surface area contributed by atoms with Gasteiger partial charge in [-0.05, 0) is 101 Å². The Hall–Kier alpha value is -1.09. The third-order valence-electron chi connectivity index (χ3n) is 8.21. The molecule has 2 aliphatic rings. The first-order chi connectivity index (χ1) is 16.1. The first-order valence-corrected chi connectivity index (χ1v) is 17.8. The zero-order valence-electron chi connectivity index (χ0n) is 23.3. The summed E-state index contributed by atoms with van der Waals surface area (Å²) in [7, 11) is -5.01. The molecule has 0 aromatic heterocycles. The van der Waals surface area contributed by atoms with E-state index < -0.39 is 23.1 Å². The quantitative estimate of drug-likeness (QED) is 0.411. The van der Waals surface area contributed by atoms with Crippen LogP contribution < -0.4 is 14.9 Å². The van der Waals surface area contributed by atoms with Gasteiger partial charge in [0.15, 0.2) is 8.32 Å². The van der Waals surface area contributed by atoms with Crippen LogP contribution in [0.2, 0.25) is 18.1 Å². The van der Waals surface area contributed by atoms with Crippen molar-refractivity contribution in [3.8, 4) is 0 Å². The van der Waals surface area contributed by atoms with Gasteiger partial charge >= 0.3 is 0 Å². The van der Waals surface area contributed by atoms with Gasteiger partial charge in [-0.25, -0.2) is 13.1 Å². The maximum absolute atomic E-state index is 12.4. The SMILES string of the molecule is CC(C)(C)[Si](C)(C)OC1CCN(c2ccc(NCC3CCC(NS(=O)(=O)C(C)(C)C)CC3)cc2)C1. The van der Waals surface area contributed by atoms with E-state index in [1.807, 2.05) is 0 Å². The summed E-state index contributed by atoms with van der Waals surface area (Å²) in [5, 5.41) is 3.84. The van der Waals surface area contributed by atoms with E-state index in [1.54, 1.807) is 20.8 Å². The molecule has 2 fully saturated rings. The smallest absolute Gasteiger partial charge is 0.216 e. The Labute approximate surface area is 215 Å². The minimum Gasteiger partial charge on any atom is -0.412 e. The molecule has 35 heavy (non-hydrogen) atoms. The molecule has 1 aliphatic heterocycles. The summed E-state index contributed by atoms with van der Waals surface area (Å²) >= 11 is 0. The van der Waals surface area contributed by atoms with Gasteiger partial charge in [-0.1, -0.05) is 20.8 Å². The van der Waals surface area contributed by atoms with Crippen LogP contribution in [-0.2, 0) is 14.4 Å². The Bertz CT molecular complexity index is 928. The molecule has 0 amide bonds. The van der Waals surface area contributed by atoms with Gasteiger partial charge in [0.1, 0.15) is 0 Å². The Morgan fingerprint density at radius 2 is 1.57 bits per heavy atom. The van der Waals surface area contributed by atoms with Crippen molar-refractivity contribution < 1.29 is 12.8 Å². The topological polar surface area (TPSA) is 70.7 Å². The summed E-state index contributed by atoms with van der Waals surface area (Å²) in [5.41, 5.74) is 2.42. The van der Waals surface area contributed by atoms with Crippen LogP contribution in [-0.4, -0.2) is 53.3 Å². The highest BCUT2D eigenvalue weighted by molar-refractivity contribution is 7.90. The van der Waals surface area contributed by atoms with Crippen molar-refractivity contribution in [3.63, 3.8) is 0 Å². The van der Waals surface area contributed by atoms with E-state index in [1.165, 1.54) is 5.69 Å². The number of nitrogens with zero attached hydrogens (tertiary/aromatic N) is 1. The van der Waals surface area contributed by atoms with Gasteiger partial charge < -0.3 is 14.6 Å². The normalized spacial score (nSPS) is 24.6. The van der Waals surface area contributed by atoms with Gasteiger partial charge in [-0.2, -0.15) is 0 Å². The second-order valence-corrected chi connectivity index (χ2v) is 20.3. The summed E-state index contributed by atoms with van der Waals surface area (Å²) in [6, 6.07) is 8.87. The molecule has 1 unspecified atom stereocenters. The molecule has 1 atom stereocenters. The molecule has 1 aliphatic carbocycles. The maximum atomic E-state index is 12.4. The average Bonchev–Trinajstić information content (AvgIpc) is 3.19. The Balaban J connectivity index is 1.42. The van der Waals surface area contributed by atoms with E-state index in [-0.39, 0.29) is 11.1 Å². The van der Waals surface area contributed by atoms with Crippen LogP contribution in [0.25, 0.3) is 0 Å². The van der Waals surface area contributed by atoms with E-state index >= 15 is 0 Å². The lowest BCUT2D eigenvalue weighted by atomic mass is 9.86. The molecule has 1 saturated carbocycles. The number of hydrogen-bond donors (Lipinski definition) is 2. The van der Waals surface area contributed by atoms with E-state index in [2.05, 4.69) is 73.1 Å². The van der Waals surface area contributed by atoms with E-state index in [0.717, 1.165) is 57.4 Å². The highest BCUT2D eigenvalue weighted by Gasteiger charge is 2.40. The second-order valence-electron chi connectivity index (χ2n) is 13.1. The zero-order chi connectivity index (χ0) is 26.1. The summed E-state index contributed by atoms with van der Waals surface area (Å²) < 4.78 is 33.7. The van der Waals surface area contributed by atoms with Gasteiger partial charge in [0.2, 0.25) is 10.0 Å². The predicted octanol–water partition coefficient (Wildman–Crippen LogP) is 5.98. The van der Waals surface area contributed by atoms with E-state index in [0.29, 0.717) is 12.0 Å². The van der Waals surface area contributed by atoms with Crippen LogP contribution in [0.5, 0.6) is 0 Å². The molecule has 6 nitrogen and oxygen atoms in total. The van der Waals surface area contributed by atoms with Crippen LogP contribution >= 0.6 is 0 Å². The van der Waals surface area contributed by atoms with Crippen LogP contribution in [0.15, 0.2) is 24.3 Å². The molecule has 3 rings (SSSR count). The minimum absolute atomic E-state index is 0.0691. The number of rotatable bonds is 8. The molecule has 0 radical (unpaired) electrons. The summed E-state index contributed by atoms with van der Waals surface area (Å²) in [6.07, 6.45) is 5.34. The largest absolute Gasteiger partial charge is 0.412 e.